The fraction of sp³-hybridized carbons (Fsp3) is 0.533. The van der Waals surface area contributed by atoms with Gasteiger partial charge in [-0.1, -0.05) is 12.1 Å². The molecule has 1 fully saturated rings. The van der Waals surface area contributed by atoms with Gasteiger partial charge in [0.2, 0.25) is 5.91 Å². The van der Waals surface area contributed by atoms with Gasteiger partial charge in [0.25, 0.3) is 0 Å². The van der Waals surface area contributed by atoms with Crippen molar-refractivity contribution < 1.29 is 4.79 Å². The van der Waals surface area contributed by atoms with E-state index in [4.69, 9.17) is 0 Å². The fourth-order valence-electron chi connectivity index (χ4n) is 3.78. The zero-order valence-corrected chi connectivity index (χ0v) is 11.7. The normalized spacial score (nSPS) is 29.1. The van der Waals surface area contributed by atoms with Gasteiger partial charge in [0.15, 0.2) is 0 Å². The highest BCUT2D eigenvalue weighted by atomic mass is 32.2. The number of nitrogens with zero attached hydrogens (tertiary/aromatic N) is 1. The molecule has 1 N–H and O–H groups in total. The van der Waals surface area contributed by atoms with E-state index in [9.17, 15) is 4.79 Å². The molecule has 0 bridgehead atoms. The van der Waals surface area contributed by atoms with Gasteiger partial charge in [-0.25, -0.2) is 0 Å². The molecule has 4 rings (SSSR count). The first-order valence-corrected chi connectivity index (χ1v) is 8.12. The van der Waals surface area contributed by atoms with Gasteiger partial charge in [-0.3, -0.25) is 4.79 Å². The highest BCUT2D eigenvalue weighted by molar-refractivity contribution is 7.99. The Bertz CT molecular complexity index is 531. The van der Waals surface area contributed by atoms with Crippen LogP contribution in [0, 0.1) is 0 Å². The minimum Gasteiger partial charge on any atom is -0.366 e. The molecule has 2 atom stereocenters. The second kappa shape index (κ2) is 4.44. The number of para-hydroxylation sites is 1. The van der Waals surface area contributed by atoms with Gasteiger partial charge >= 0.3 is 0 Å². The summed E-state index contributed by atoms with van der Waals surface area (Å²) in [6.07, 6.45) is 2.95. The monoisotopic (exact) mass is 274 g/mol. The summed E-state index contributed by atoms with van der Waals surface area (Å²) in [6, 6.07) is 7.09. The number of rotatable bonds is 0. The average Bonchev–Trinajstić information content (AvgIpc) is 2.61. The minimum atomic E-state index is 0.221. The zero-order valence-electron chi connectivity index (χ0n) is 10.9. The van der Waals surface area contributed by atoms with Crippen molar-refractivity contribution in [2.75, 3.05) is 23.7 Å². The first-order valence-electron chi connectivity index (χ1n) is 7.13. The van der Waals surface area contributed by atoms with E-state index in [0.717, 1.165) is 19.5 Å². The summed E-state index contributed by atoms with van der Waals surface area (Å²) in [5.41, 5.74) is 2.92. The van der Waals surface area contributed by atoms with Crippen molar-refractivity contribution >= 4 is 23.4 Å². The van der Waals surface area contributed by atoms with E-state index in [2.05, 4.69) is 28.4 Å². The number of carbonyl (C=O) groups is 1. The first-order chi connectivity index (χ1) is 9.34. The Kier molecular flexibility index (Phi) is 2.72. The lowest BCUT2D eigenvalue weighted by molar-refractivity contribution is -0.121. The molecule has 3 nitrogen and oxygen atoms in total. The zero-order chi connectivity index (χ0) is 12.8. The number of carbonyl (C=O) groups excluding carboxylic acids is 1. The van der Waals surface area contributed by atoms with E-state index in [1.807, 2.05) is 11.8 Å². The summed E-state index contributed by atoms with van der Waals surface area (Å²) >= 11 is 1.98. The van der Waals surface area contributed by atoms with Crippen molar-refractivity contribution in [3.63, 3.8) is 0 Å². The van der Waals surface area contributed by atoms with Crippen molar-refractivity contribution in [2.45, 2.75) is 36.1 Å². The van der Waals surface area contributed by atoms with Crippen molar-refractivity contribution in [2.24, 2.45) is 0 Å². The SMILES string of the molecule is O=C1CC2C(CCN1)c1cccc3c1N2CCCS3. The summed E-state index contributed by atoms with van der Waals surface area (Å²) in [6.45, 7) is 1.93. The van der Waals surface area contributed by atoms with Crippen LogP contribution >= 0.6 is 11.8 Å². The molecule has 0 aliphatic carbocycles. The van der Waals surface area contributed by atoms with Gasteiger partial charge in [-0.15, -0.1) is 11.8 Å². The quantitative estimate of drug-likeness (QED) is 0.788. The third-order valence-electron chi connectivity index (χ3n) is 4.55. The molecule has 3 aliphatic heterocycles. The molecule has 1 amide bonds. The van der Waals surface area contributed by atoms with E-state index in [1.54, 1.807) is 0 Å². The molecule has 0 aromatic heterocycles. The number of hydrogen-bond donors (Lipinski definition) is 1. The van der Waals surface area contributed by atoms with E-state index >= 15 is 0 Å². The molecule has 2 unspecified atom stereocenters. The maximum Gasteiger partial charge on any atom is 0.222 e. The minimum absolute atomic E-state index is 0.221. The first kappa shape index (κ1) is 11.6. The molecule has 0 saturated carbocycles. The fourth-order valence-corrected chi connectivity index (χ4v) is 4.82. The number of fused-ring (bicyclic) bond motifs is 3. The Balaban J connectivity index is 1.84. The van der Waals surface area contributed by atoms with Crippen molar-refractivity contribution in [3.8, 4) is 0 Å². The van der Waals surface area contributed by atoms with Gasteiger partial charge in [-0.05, 0) is 30.2 Å². The molecule has 3 aliphatic rings. The van der Waals surface area contributed by atoms with Crippen LogP contribution in [0.3, 0.4) is 0 Å². The van der Waals surface area contributed by atoms with E-state index in [-0.39, 0.29) is 5.91 Å². The molecule has 19 heavy (non-hydrogen) atoms. The van der Waals surface area contributed by atoms with Gasteiger partial charge in [-0.2, -0.15) is 0 Å². The average molecular weight is 274 g/mol. The molecule has 0 radical (unpaired) electrons. The van der Waals surface area contributed by atoms with Crippen LogP contribution in [0.4, 0.5) is 5.69 Å². The van der Waals surface area contributed by atoms with Crippen LogP contribution < -0.4 is 10.2 Å². The lowest BCUT2D eigenvalue weighted by atomic mass is 9.91. The van der Waals surface area contributed by atoms with Crippen molar-refractivity contribution in [1.82, 2.24) is 5.32 Å². The molecule has 3 heterocycles. The summed E-state index contributed by atoms with van der Waals surface area (Å²) in [5, 5.41) is 3.03. The van der Waals surface area contributed by atoms with Crippen LogP contribution in [-0.4, -0.2) is 30.8 Å². The number of amides is 1. The second-order valence-corrected chi connectivity index (χ2v) is 6.74. The smallest absolute Gasteiger partial charge is 0.222 e. The Hall–Kier alpha value is -1.16. The topological polar surface area (TPSA) is 32.3 Å². The second-order valence-electron chi connectivity index (χ2n) is 5.61. The largest absolute Gasteiger partial charge is 0.366 e. The van der Waals surface area contributed by atoms with Crippen LogP contribution in [-0.2, 0) is 4.79 Å². The lowest BCUT2D eigenvalue weighted by Crippen LogP contribution is -2.36. The Morgan fingerprint density at radius 3 is 3.26 bits per heavy atom. The molecule has 1 aromatic carbocycles. The summed E-state index contributed by atoms with van der Waals surface area (Å²) in [5.74, 6) is 1.95. The van der Waals surface area contributed by atoms with E-state index in [0.29, 0.717) is 18.4 Å². The van der Waals surface area contributed by atoms with Crippen LogP contribution in [0.2, 0.25) is 0 Å². The van der Waals surface area contributed by atoms with Gasteiger partial charge in [0.1, 0.15) is 0 Å². The third kappa shape index (κ3) is 1.76. The molecule has 4 heteroatoms. The Morgan fingerprint density at radius 2 is 2.32 bits per heavy atom. The van der Waals surface area contributed by atoms with Crippen LogP contribution in [0.5, 0.6) is 0 Å². The molecule has 0 spiro atoms. The summed E-state index contributed by atoms with van der Waals surface area (Å²) in [4.78, 5) is 15.8. The van der Waals surface area contributed by atoms with Gasteiger partial charge < -0.3 is 10.2 Å². The number of hydrogen-bond acceptors (Lipinski definition) is 3. The number of thioether (sulfide) groups is 1. The van der Waals surface area contributed by atoms with Crippen LogP contribution in [0.25, 0.3) is 0 Å². The van der Waals surface area contributed by atoms with Gasteiger partial charge in [0.05, 0.1) is 5.69 Å². The van der Waals surface area contributed by atoms with Crippen molar-refractivity contribution in [1.29, 1.82) is 0 Å². The number of nitrogens with one attached hydrogen (secondary N) is 1. The van der Waals surface area contributed by atoms with Crippen LogP contribution in [0.1, 0.15) is 30.7 Å². The molecule has 1 saturated heterocycles. The molecule has 1 aromatic rings. The van der Waals surface area contributed by atoms with Crippen molar-refractivity contribution in [3.05, 3.63) is 23.8 Å². The summed E-state index contributed by atoms with van der Waals surface area (Å²) in [7, 11) is 0. The highest BCUT2D eigenvalue weighted by Crippen LogP contribution is 2.50. The predicted molar refractivity (Wildman–Crippen MR) is 77.9 cm³/mol. The Morgan fingerprint density at radius 1 is 1.37 bits per heavy atom. The lowest BCUT2D eigenvalue weighted by Gasteiger charge is -2.28. The third-order valence-corrected chi connectivity index (χ3v) is 5.69. The molecular weight excluding hydrogens is 256 g/mol. The van der Waals surface area contributed by atoms with Crippen LogP contribution in [0.15, 0.2) is 23.1 Å². The Labute approximate surface area is 117 Å². The van der Waals surface area contributed by atoms with E-state index < -0.39 is 0 Å². The number of benzene rings is 1. The number of anilines is 1. The predicted octanol–water partition coefficient (Wildman–Crippen LogP) is 2.36. The highest BCUT2D eigenvalue weighted by Gasteiger charge is 2.42. The maximum absolute atomic E-state index is 11.9. The molecule has 100 valence electrons. The summed E-state index contributed by atoms with van der Waals surface area (Å²) < 4.78 is 0. The van der Waals surface area contributed by atoms with E-state index in [1.165, 1.54) is 28.3 Å². The van der Waals surface area contributed by atoms with Gasteiger partial charge in [0, 0.05) is 36.4 Å². The molecular formula is C15H18N2OS. The standard InChI is InChI=1S/C15H18N2OS/c18-14-9-12-10(5-6-16-14)11-3-1-4-13-15(11)17(12)7-2-8-19-13/h1,3-4,10,12H,2,5-9H2,(H,16,18). The maximum atomic E-state index is 11.9.